The van der Waals surface area contributed by atoms with Crippen molar-refractivity contribution in [2.45, 2.75) is 25.9 Å². The molecule has 156 valence electrons. The van der Waals surface area contributed by atoms with Crippen molar-refractivity contribution in [1.29, 1.82) is 0 Å². The second-order valence-electron chi connectivity index (χ2n) is 6.54. The molecule has 1 N–H and O–H groups in total. The van der Waals surface area contributed by atoms with E-state index in [0.717, 1.165) is 5.56 Å². The zero-order chi connectivity index (χ0) is 21.1. The molecule has 2 aromatic carbocycles. The number of ether oxygens (including phenoxy) is 2. The molecule has 0 saturated heterocycles. The fraction of sp³-hybridized carbons (Fsp3) is 0.364. The Hall–Kier alpha value is -2.57. The molecule has 0 aliphatic rings. The Kier molecular flexibility index (Phi) is 9.47. The van der Waals surface area contributed by atoms with Crippen LogP contribution in [-0.4, -0.2) is 49.6 Å². The summed E-state index contributed by atoms with van der Waals surface area (Å²) in [5.41, 5.74) is 0.928. The fourth-order valence-electron chi connectivity index (χ4n) is 2.72. The van der Waals surface area contributed by atoms with E-state index in [0.29, 0.717) is 36.9 Å². The topological polar surface area (TPSA) is 67.9 Å². The summed E-state index contributed by atoms with van der Waals surface area (Å²) in [4.78, 5) is 27.0. The van der Waals surface area contributed by atoms with Gasteiger partial charge in [0, 0.05) is 26.8 Å². The molecule has 0 aliphatic carbocycles. The van der Waals surface area contributed by atoms with Crippen molar-refractivity contribution in [3.8, 4) is 5.75 Å². The first-order valence-corrected chi connectivity index (χ1v) is 9.88. The number of amides is 2. The average molecular weight is 419 g/mol. The van der Waals surface area contributed by atoms with E-state index >= 15 is 0 Å². The van der Waals surface area contributed by atoms with Gasteiger partial charge in [-0.25, -0.2) is 0 Å². The van der Waals surface area contributed by atoms with Crippen LogP contribution in [0.3, 0.4) is 0 Å². The molecule has 0 heterocycles. The quantitative estimate of drug-likeness (QED) is 0.568. The Morgan fingerprint density at radius 3 is 2.48 bits per heavy atom. The normalized spacial score (nSPS) is 11.6. The highest BCUT2D eigenvalue weighted by molar-refractivity contribution is 6.32. The maximum Gasteiger partial charge on any atom is 0.261 e. The van der Waals surface area contributed by atoms with E-state index in [1.807, 2.05) is 30.3 Å². The van der Waals surface area contributed by atoms with Gasteiger partial charge in [0.15, 0.2) is 6.61 Å². The summed E-state index contributed by atoms with van der Waals surface area (Å²) in [5.74, 6) is -0.0877. The summed E-state index contributed by atoms with van der Waals surface area (Å²) < 4.78 is 10.6. The molecule has 0 aromatic heterocycles. The third-order valence-electron chi connectivity index (χ3n) is 4.38. The molecule has 0 spiro atoms. The lowest BCUT2D eigenvalue weighted by atomic mass is 10.1. The molecule has 0 saturated carbocycles. The second-order valence-corrected chi connectivity index (χ2v) is 6.95. The predicted molar refractivity (Wildman–Crippen MR) is 113 cm³/mol. The zero-order valence-electron chi connectivity index (χ0n) is 16.8. The number of rotatable bonds is 11. The lowest BCUT2D eigenvalue weighted by molar-refractivity contribution is -0.142. The first-order valence-electron chi connectivity index (χ1n) is 9.50. The van der Waals surface area contributed by atoms with Crippen LogP contribution in [0.2, 0.25) is 5.02 Å². The lowest BCUT2D eigenvalue weighted by Gasteiger charge is -2.28. The van der Waals surface area contributed by atoms with Gasteiger partial charge in [-0.2, -0.15) is 0 Å². The number of hydrogen-bond donors (Lipinski definition) is 1. The van der Waals surface area contributed by atoms with E-state index in [9.17, 15) is 9.59 Å². The number of halogens is 1. The van der Waals surface area contributed by atoms with Crippen molar-refractivity contribution in [3.63, 3.8) is 0 Å². The molecule has 2 rings (SSSR count). The van der Waals surface area contributed by atoms with E-state index in [-0.39, 0.29) is 18.4 Å². The summed E-state index contributed by atoms with van der Waals surface area (Å²) in [6.45, 7) is 2.85. The molecular formula is C22H27ClN2O4. The van der Waals surface area contributed by atoms with Crippen LogP contribution in [0.4, 0.5) is 0 Å². The maximum atomic E-state index is 12.9. The van der Waals surface area contributed by atoms with E-state index < -0.39 is 6.04 Å². The number of carbonyl (C=O) groups is 2. The fourth-order valence-corrected chi connectivity index (χ4v) is 2.91. The van der Waals surface area contributed by atoms with Gasteiger partial charge in [-0.15, -0.1) is 0 Å². The molecule has 1 atom stereocenters. The first kappa shape index (κ1) is 22.7. The van der Waals surface area contributed by atoms with E-state index in [4.69, 9.17) is 21.1 Å². The van der Waals surface area contributed by atoms with E-state index in [1.54, 1.807) is 38.3 Å². The highest BCUT2D eigenvalue weighted by Gasteiger charge is 2.26. The molecule has 0 aliphatic heterocycles. The van der Waals surface area contributed by atoms with Crippen LogP contribution in [0, 0.1) is 0 Å². The highest BCUT2D eigenvalue weighted by Crippen LogP contribution is 2.23. The van der Waals surface area contributed by atoms with E-state index in [1.165, 1.54) is 4.90 Å². The number of nitrogens with one attached hydrogen (secondary N) is 1. The molecule has 2 amide bonds. The third-order valence-corrected chi connectivity index (χ3v) is 4.69. The molecule has 0 fully saturated rings. The van der Waals surface area contributed by atoms with Crippen molar-refractivity contribution < 1.29 is 19.1 Å². The SMILES string of the molecule is COCCCNC(=O)C(C)N(Cc1ccccc1)C(=O)COc1ccccc1Cl. The van der Waals surface area contributed by atoms with Crippen molar-refractivity contribution in [2.75, 3.05) is 26.9 Å². The van der Waals surface area contributed by atoms with Gasteiger partial charge < -0.3 is 19.7 Å². The Balaban J connectivity index is 2.05. The largest absolute Gasteiger partial charge is 0.482 e. The van der Waals surface area contributed by atoms with Gasteiger partial charge in [0.2, 0.25) is 5.91 Å². The van der Waals surface area contributed by atoms with Crippen LogP contribution in [0.15, 0.2) is 54.6 Å². The molecule has 6 nitrogen and oxygen atoms in total. The Labute approximate surface area is 176 Å². The van der Waals surface area contributed by atoms with Crippen LogP contribution >= 0.6 is 11.6 Å². The Morgan fingerprint density at radius 1 is 1.10 bits per heavy atom. The first-order chi connectivity index (χ1) is 14.0. The number of para-hydroxylation sites is 1. The average Bonchev–Trinajstić information content (AvgIpc) is 2.74. The number of benzene rings is 2. The summed E-state index contributed by atoms with van der Waals surface area (Å²) >= 11 is 6.09. The Morgan fingerprint density at radius 2 is 1.79 bits per heavy atom. The van der Waals surface area contributed by atoms with Gasteiger partial charge in [-0.05, 0) is 31.0 Å². The zero-order valence-corrected chi connectivity index (χ0v) is 17.5. The van der Waals surface area contributed by atoms with Gasteiger partial charge >= 0.3 is 0 Å². The van der Waals surface area contributed by atoms with Crippen molar-refractivity contribution >= 4 is 23.4 Å². The molecular weight excluding hydrogens is 392 g/mol. The molecule has 2 aromatic rings. The molecule has 29 heavy (non-hydrogen) atoms. The monoisotopic (exact) mass is 418 g/mol. The van der Waals surface area contributed by atoms with Crippen LogP contribution in [0.1, 0.15) is 18.9 Å². The minimum atomic E-state index is -0.653. The van der Waals surface area contributed by atoms with Crippen LogP contribution in [0.5, 0.6) is 5.75 Å². The summed E-state index contributed by atoms with van der Waals surface area (Å²) in [6, 6.07) is 15.8. The van der Waals surface area contributed by atoms with Gasteiger partial charge in [0.25, 0.3) is 5.91 Å². The van der Waals surface area contributed by atoms with Gasteiger partial charge in [0.1, 0.15) is 11.8 Å². The number of methoxy groups -OCH3 is 1. The van der Waals surface area contributed by atoms with Crippen LogP contribution in [-0.2, 0) is 20.9 Å². The summed E-state index contributed by atoms with van der Waals surface area (Å²) in [6.07, 6.45) is 0.706. The standard InChI is InChI=1S/C22H27ClN2O4/c1-17(22(27)24-13-8-14-28-2)25(15-18-9-4-3-5-10-18)21(26)16-29-20-12-7-6-11-19(20)23/h3-7,9-12,17H,8,13-16H2,1-2H3,(H,24,27). The Bertz CT molecular complexity index is 785. The third kappa shape index (κ3) is 7.40. The van der Waals surface area contributed by atoms with Crippen LogP contribution in [0.25, 0.3) is 0 Å². The minimum Gasteiger partial charge on any atom is -0.482 e. The van der Waals surface area contributed by atoms with Gasteiger partial charge in [-0.3, -0.25) is 9.59 Å². The van der Waals surface area contributed by atoms with E-state index in [2.05, 4.69) is 5.32 Å². The number of nitrogens with zero attached hydrogens (tertiary/aromatic N) is 1. The van der Waals surface area contributed by atoms with Crippen molar-refractivity contribution in [3.05, 3.63) is 65.2 Å². The molecule has 0 bridgehead atoms. The summed E-state index contributed by atoms with van der Waals surface area (Å²) in [7, 11) is 1.61. The lowest BCUT2D eigenvalue weighted by Crippen LogP contribution is -2.49. The summed E-state index contributed by atoms with van der Waals surface area (Å²) in [5, 5.41) is 3.28. The molecule has 1 unspecified atom stereocenters. The van der Waals surface area contributed by atoms with Crippen LogP contribution < -0.4 is 10.1 Å². The predicted octanol–water partition coefficient (Wildman–Crippen LogP) is 3.29. The van der Waals surface area contributed by atoms with Crippen molar-refractivity contribution in [1.82, 2.24) is 10.2 Å². The van der Waals surface area contributed by atoms with Gasteiger partial charge in [-0.1, -0.05) is 54.1 Å². The molecule has 7 heteroatoms. The smallest absolute Gasteiger partial charge is 0.261 e. The highest BCUT2D eigenvalue weighted by atomic mass is 35.5. The second kappa shape index (κ2) is 12.1. The van der Waals surface area contributed by atoms with Crippen molar-refractivity contribution in [2.24, 2.45) is 0 Å². The van der Waals surface area contributed by atoms with Gasteiger partial charge in [0.05, 0.1) is 5.02 Å². The maximum absolute atomic E-state index is 12.9. The number of carbonyl (C=O) groups excluding carboxylic acids is 2. The molecule has 0 radical (unpaired) electrons. The number of hydrogen-bond acceptors (Lipinski definition) is 4. The minimum absolute atomic E-state index is 0.210.